The molecule has 0 aliphatic rings. The first-order valence-corrected chi connectivity index (χ1v) is 5.02. The number of pyridine rings is 1. The normalized spacial score (nSPS) is 13.2. The molecule has 0 saturated heterocycles. The van der Waals surface area contributed by atoms with E-state index >= 15 is 0 Å². The van der Waals surface area contributed by atoms with E-state index in [1.54, 1.807) is 12.1 Å². The lowest BCUT2D eigenvalue weighted by Crippen LogP contribution is -2.31. The van der Waals surface area contributed by atoms with Crippen LogP contribution >= 0.6 is 15.9 Å². The van der Waals surface area contributed by atoms with E-state index in [1.807, 2.05) is 0 Å². The van der Waals surface area contributed by atoms with Crippen molar-refractivity contribution in [3.05, 3.63) is 28.5 Å². The van der Waals surface area contributed by atoms with Gasteiger partial charge in [0, 0.05) is 22.4 Å². The second-order valence-electron chi connectivity index (χ2n) is 2.99. The van der Waals surface area contributed by atoms with Crippen LogP contribution in [0.1, 0.15) is 11.6 Å². The monoisotopic (exact) mass is 293 g/mol. The van der Waals surface area contributed by atoms with Crippen molar-refractivity contribution >= 4 is 15.9 Å². The van der Waals surface area contributed by atoms with Crippen LogP contribution in [0, 0.1) is 11.3 Å². The van der Waals surface area contributed by atoms with Gasteiger partial charge in [0.15, 0.2) is 0 Å². The van der Waals surface area contributed by atoms with Gasteiger partial charge in [-0.2, -0.15) is 18.4 Å². The summed E-state index contributed by atoms with van der Waals surface area (Å²) in [6, 6.07) is 2.27. The quantitative estimate of drug-likeness (QED) is 0.932. The lowest BCUT2D eigenvalue weighted by atomic mass is 10.1. The van der Waals surface area contributed by atoms with Gasteiger partial charge in [0.1, 0.15) is 6.04 Å². The number of alkyl halides is 3. The molecule has 0 fully saturated rings. The number of nitrogens with zero attached hydrogens (tertiary/aromatic N) is 2. The number of hydrogen-bond donors (Lipinski definition) is 1. The molecule has 1 unspecified atom stereocenters. The van der Waals surface area contributed by atoms with E-state index in [0.29, 0.717) is 10.0 Å². The molecule has 1 atom stereocenters. The fourth-order valence-electron chi connectivity index (χ4n) is 1.04. The van der Waals surface area contributed by atoms with Gasteiger partial charge in [0.05, 0.1) is 12.6 Å². The maximum Gasteiger partial charge on any atom is 0.401 e. The molecule has 1 aromatic heterocycles. The lowest BCUT2D eigenvalue weighted by Gasteiger charge is -2.13. The smallest absolute Gasteiger partial charge is 0.290 e. The van der Waals surface area contributed by atoms with E-state index in [0.717, 1.165) is 0 Å². The Kier molecular flexibility index (Phi) is 4.26. The summed E-state index contributed by atoms with van der Waals surface area (Å²) >= 11 is 3.13. The van der Waals surface area contributed by atoms with Crippen molar-refractivity contribution in [1.82, 2.24) is 10.3 Å². The van der Waals surface area contributed by atoms with Gasteiger partial charge in [-0.05, 0) is 22.0 Å². The molecule has 1 rings (SSSR count). The molecule has 1 aromatic rings. The van der Waals surface area contributed by atoms with Gasteiger partial charge in [-0.3, -0.25) is 10.3 Å². The molecule has 0 aliphatic carbocycles. The molecule has 0 radical (unpaired) electrons. The maximum absolute atomic E-state index is 12.0. The Bertz CT molecular complexity index is 400. The van der Waals surface area contributed by atoms with Crippen LogP contribution in [0.15, 0.2) is 22.9 Å². The van der Waals surface area contributed by atoms with Crippen molar-refractivity contribution < 1.29 is 13.2 Å². The first kappa shape index (κ1) is 12.9. The molecule has 16 heavy (non-hydrogen) atoms. The van der Waals surface area contributed by atoms with Gasteiger partial charge in [-0.25, -0.2) is 0 Å². The molecule has 1 N–H and O–H groups in total. The number of aromatic nitrogens is 1. The SMILES string of the molecule is N#CC(NCC(F)(F)F)c1cncc(Br)c1. The Labute approximate surface area is 98.4 Å². The fraction of sp³-hybridized carbons (Fsp3) is 0.333. The number of hydrogen-bond acceptors (Lipinski definition) is 3. The van der Waals surface area contributed by atoms with E-state index in [1.165, 1.54) is 12.4 Å². The first-order chi connectivity index (χ1) is 7.42. The summed E-state index contributed by atoms with van der Waals surface area (Å²) in [6.45, 7) is -1.21. The second kappa shape index (κ2) is 5.27. The van der Waals surface area contributed by atoms with Crippen LogP contribution in [-0.2, 0) is 0 Å². The second-order valence-corrected chi connectivity index (χ2v) is 3.91. The Morgan fingerprint density at radius 3 is 2.69 bits per heavy atom. The molecule has 0 aliphatic heterocycles. The Balaban J connectivity index is 2.73. The average Bonchev–Trinajstić information content (AvgIpc) is 2.17. The Hall–Kier alpha value is -1.13. The zero-order chi connectivity index (χ0) is 12.2. The van der Waals surface area contributed by atoms with Gasteiger partial charge in [-0.15, -0.1) is 0 Å². The van der Waals surface area contributed by atoms with Crippen molar-refractivity contribution in [1.29, 1.82) is 5.26 Å². The van der Waals surface area contributed by atoms with Crippen molar-refractivity contribution in [3.8, 4) is 6.07 Å². The minimum atomic E-state index is -4.34. The van der Waals surface area contributed by atoms with Gasteiger partial charge in [0.25, 0.3) is 0 Å². The van der Waals surface area contributed by atoms with Crippen molar-refractivity contribution in [2.45, 2.75) is 12.2 Å². The number of rotatable bonds is 3. The topological polar surface area (TPSA) is 48.7 Å². The molecule has 3 nitrogen and oxygen atoms in total. The molecule has 7 heteroatoms. The van der Waals surface area contributed by atoms with Crippen LogP contribution in [0.4, 0.5) is 13.2 Å². The van der Waals surface area contributed by atoms with E-state index in [9.17, 15) is 13.2 Å². The summed E-state index contributed by atoms with van der Waals surface area (Å²) < 4.78 is 36.5. The van der Waals surface area contributed by atoms with Crippen molar-refractivity contribution in [2.75, 3.05) is 6.54 Å². The summed E-state index contributed by atoms with van der Waals surface area (Å²) in [5.41, 5.74) is 0.390. The summed E-state index contributed by atoms with van der Waals surface area (Å²) in [5.74, 6) is 0. The number of halogens is 4. The molecular weight excluding hydrogens is 287 g/mol. The zero-order valence-electron chi connectivity index (χ0n) is 7.92. The van der Waals surface area contributed by atoms with Crippen LogP contribution in [0.5, 0.6) is 0 Å². The fourth-order valence-corrected chi connectivity index (χ4v) is 1.42. The summed E-state index contributed by atoms with van der Waals surface area (Å²) in [6.07, 6.45) is -1.50. The van der Waals surface area contributed by atoms with Crippen molar-refractivity contribution in [3.63, 3.8) is 0 Å². The molecule has 86 valence electrons. The van der Waals surface area contributed by atoms with Crippen LogP contribution in [0.3, 0.4) is 0 Å². The third-order valence-electron chi connectivity index (χ3n) is 1.70. The van der Waals surface area contributed by atoms with Crippen molar-refractivity contribution in [2.24, 2.45) is 0 Å². The summed E-state index contributed by atoms with van der Waals surface area (Å²) in [4.78, 5) is 3.78. The highest BCUT2D eigenvalue weighted by Gasteiger charge is 2.28. The predicted octanol–water partition coefficient (Wildman–Crippen LogP) is 2.56. The van der Waals surface area contributed by atoms with Crippen LogP contribution in [-0.4, -0.2) is 17.7 Å². The molecule has 0 amide bonds. The van der Waals surface area contributed by atoms with Gasteiger partial charge in [-0.1, -0.05) is 0 Å². The van der Waals surface area contributed by atoms with E-state index in [4.69, 9.17) is 5.26 Å². The zero-order valence-corrected chi connectivity index (χ0v) is 9.51. The standard InChI is InChI=1S/C9H7BrF3N3/c10-7-1-6(3-15-4-7)8(2-14)16-5-9(11,12)13/h1,3-4,8,16H,5H2. The number of nitrogens with one attached hydrogen (secondary N) is 1. The van der Waals surface area contributed by atoms with E-state index in [2.05, 4.69) is 26.2 Å². The maximum atomic E-state index is 12.0. The molecule has 0 spiro atoms. The third-order valence-corrected chi connectivity index (χ3v) is 2.13. The first-order valence-electron chi connectivity index (χ1n) is 4.22. The molecule has 0 saturated carbocycles. The number of nitriles is 1. The highest BCUT2D eigenvalue weighted by atomic mass is 79.9. The predicted molar refractivity (Wildman–Crippen MR) is 54.3 cm³/mol. The highest BCUT2D eigenvalue weighted by Crippen LogP contribution is 2.18. The Morgan fingerprint density at radius 1 is 1.50 bits per heavy atom. The minimum absolute atomic E-state index is 0.390. The molecule has 1 heterocycles. The third kappa shape index (κ3) is 4.16. The van der Waals surface area contributed by atoms with E-state index in [-0.39, 0.29) is 0 Å². The van der Waals surface area contributed by atoms with Gasteiger partial charge in [0.2, 0.25) is 0 Å². The molecule has 0 bridgehead atoms. The van der Waals surface area contributed by atoms with Gasteiger partial charge >= 0.3 is 6.18 Å². The lowest BCUT2D eigenvalue weighted by molar-refractivity contribution is -0.125. The van der Waals surface area contributed by atoms with Crippen LogP contribution in [0.25, 0.3) is 0 Å². The highest BCUT2D eigenvalue weighted by molar-refractivity contribution is 9.10. The van der Waals surface area contributed by atoms with E-state index < -0.39 is 18.8 Å². The van der Waals surface area contributed by atoms with Crippen LogP contribution in [0.2, 0.25) is 0 Å². The Morgan fingerprint density at radius 2 is 2.19 bits per heavy atom. The van der Waals surface area contributed by atoms with Crippen LogP contribution < -0.4 is 5.32 Å². The molecular formula is C9H7BrF3N3. The average molecular weight is 294 g/mol. The summed E-state index contributed by atoms with van der Waals surface area (Å²) in [7, 11) is 0. The minimum Gasteiger partial charge on any atom is -0.290 e. The summed E-state index contributed by atoms with van der Waals surface area (Å²) in [5, 5.41) is 10.9. The molecule has 0 aromatic carbocycles. The van der Waals surface area contributed by atoms with Gasteiger partial charge < -0.3 is 0 Å². The largest absolute Gasteiger partial charge is 0.401 e.